The Morgan fingerprint density at radius 2 is 1.45 bits per heavy atom. The maximum atomic E-state index is 12.7. The van der Waals surface area contributed by atoms with Gasteiger partial charge in [0.05, 0.1) is 0 Å². The number of carbonyl (C=O) groups excluding carboxylic acids is 1. The Kier molecular flexibility index (Phi) is 6.41. The maximum absolute atomic E-state index is 12.7. The zero-order chi connectivity index (χ0) is 20.1. The van der Waals surface area contributed by atoms with Crippen LogP contribution >= 0.6 is 11.6 Å². The molecule has 3 heteroatoms. The molecule has 1 aliphatic rings. The van der Waals surface area contributed by atoms with Crippen molar-refractivity contribution in [2.45, 2.75) is 51.0 Å². The molecule has 0 N–H and O–H groups in total. The first-order valence-corrected chi connectivity index (χ1v) is 10.9. The minimum Gasteiger partial charge on any atom is -0.287 e. The highest BCUT2D eigenvalue weighted by atomic mass is 35.5. The molecular formula is C26H27ClNO+. The SMILES string of the molecule is O=C(C[n+]1ccc(Cc2ccc(Cl)cc2)cc1)c1ccc(C2CCCCC2)cc1. The lowest BCUT2D eigenvalue weighted by atomic mass is 9.84. The molecule has 0 radical (unpaired) electrons. The first kappa shape index (κ1) is 19.8. The average Bonchev–Trinajstić information content (AvgIpc) is 2.77. The van der Waals surface area contributed by atoms with Gasteiger partial charge in [-0.3, -0.25) is 4.79 Å². The van der Waals surface area contributed by atoms with Gasteiger partial charge in [-0.1, -0.05) is 67.3 Å². The molecule has 3 aromatic rings. The lowest BCUT2D eigenvalue weighted by molar-refractivity contribution is -0.683. The van der Waals surface area contributed by atoms with Gasteiger partial charge in [0.1, 0.15) is 0 Å². The average molecular weight is 405 g/mol. The number of carbonyl (C=O) groups is 1. The number of ketones is 1. The third-order valence-corrected chi connectivity index (χ3v) is 6.17. The second-order valence-corrected chi connectivity index (χ2v) is 8.50. The van der Waals surface area contributed by atoms with Gasteiger partial charge < -0.3 is 0 Å². The molecule has 0 bridgehead atoms. The Hall–Kier alpha value is -2.45. The molecule has 4 rings (SSSR count). The van der Waals surface area contributed by atoms with Crippen molar-refractivity contribution in [3.63, 3.8) is 0 Å². The van der Waals surface area contributed by atoms with E-state index in [1.807, 2.05) is 53.4 Å². The van der Waals surface area contributed by atoms with Crippen LogP contribution in [0, 0.1) is 0 Å². The molecule has 1 aliphatic carbocycles. The van der Waals surface area contributed by atoms with Crippen LogP contribution in [0.1, 0.15) is 65.1 Å². The van der Waals surface area contributed by atoms with E-state index in [1.54, 1.807) is 0 Å². The van der Waals surface area contributed by atoms with Crippen LogP contribution in [0.3, 0.4) is 0 Å². The first-order valence-electron chi connectivity index (χ1n) is 10.5. The van der Waals surface area contributed by atoms with Crippen LogP contribution in [0.25, 0.3) is 0 Å². The van der Waals surface area contributed by atoms with Crippen molar-refractivity contribution in [2.24, 2.45) is 0 Å². The Bertz CT molecular complexity index is 940. The van der Waals surface area contributed by atoms with E-state index < -0.39 is 0 Å². The zero-order valence-corrected chi connectivity index (χ0v) is 17.4. The molecule has 0 amide bonds. The van der Waals surface area contributed by atoms with E-state index in [9.17, 15) is 4.79 Å². The van der Waals surface area contributed by atoms with E-state index >= 15 is 0 Å². The van der Waals surface area contributed by atoms with Gasteiger partial charge in [0.25, 0.3) is 0 Å². The van der Waals surface area contributed by atoms with E-state index in [-0.39, 0.29) is 5.78 Å². The zero-order valence-electron chi connectivity index (χ0n) is 16.7. The molecule has 0 aliphatic heterocycles. The molecule has 2 nitrogen and oxygen atoms in total. The number of aromatic nitrogens is 1. The Labute approximate surface area is 178 Å². The van der Waals surface area contributed by atoms with E-state index in [0.717, 1.165) is 17.0 Å². The van der Waals surface area contributed by atoms with Crippen molar-refractivity contribution in [1.29, 1.82) is 0 Å². The van der Waals surface area contributed by atoms with Gasteiger partial charge in [-0.15, -0.1) is 0 Å². The number of hydrogen-bond donors (Lipinski definition) is 0. The summed E-state index contributed by atoms with van der Waals surface area (Å²) in [5.41, 5.74) is 4.62. The van der Waals surface area contributed by atoms with Crippen LogP contribution in [-0.2, 0) is 13.0 Å². The molecule has 1 aromatic heterocycles. The van der Waals surface area contributed by atoms with Crippen molar-refractivity contribution >= 4 is 17.4 Å². The topological polar surface area (TPSA) is 20.9 Å². The molecular weight excluding hydrogens is 378 g/mol. The predicted octanol–water partition coefficient (Wildman–Crippen LogP) is 6.15. The van der Waals surface area contributed by atoms with Crippen molar-refractivity contribution in [2.75, 3.05) is 0 Å². The molecule has 0 unspecified atom stereocenters. The summed E-state index contributed by atoms with van der Waals surface area (Å²) in [6.45, 7) is 0.365. The maximum Gasteiger partial charge on any atom is 0.227 e. The van der Waals surface area contributed by atoms with Gasteiger partial charge in [-0.2, -0.15) is 4.57 Å². The fourth-order valence-electron chi connectivity index (χ4n) is 4.18. The largest absolute Gasteiger partial charge is 0.287 e. The lowest BCUT2D eigenvalue weighted by Gasteiger charge is -2.21. The summed E-state index contributed by atoms with van der Waals surface area (Å²) < 4.78 is 1.95. The smallest absolute Gasteiger partial charge is 0.227 e. The van der Waals surface area contributed by atoms with Crippen molar-refractivity contribution in [3.8, 4) is 0 Å². The summed E-state index contributed by atoms with van der Waals surface area (Å²) in [7, 11) is 0. The minimum absolute atomic E-state index is 0.149. The van der Waals surface area contributed by atoms with Crippen LogP contribution in [0.2, 0.25) is 5.02 Å². The van der Waals surface area contributed by atoms with Crippen molar-refractivity contribution < 1.29 is 9.36 Å². The number of nitrogens with zero attached hydrogens (tertiary/aromatic N) is 1. The summed E-state index contributed by atoms with van der Waals surface area (Å²) in [6, 6.07) is 20.4. The van der Waals surface area contributed by atoms with Crippen LogP contribution in [0.5, 0.6) is 0 Å². The van der Waals surface area contributed by atoms with Crippen molar-refractivity contribution in [1.82, 2.24) is 0 Å². The molecule has 1 saturated carbocycles. The molecule has 148 valence electrons. The lowest BCUT2D eigenvalue weighted by Crippen LogP contribution is -2.37. The Morgan fingerprint density at radius 1 is 0.828 bits per heavy atom. The van der Waals surface area contributed by atoms with Gasteiger partial charge >= 0.3 is 0 Å². The molecule has 1 fully saturated rings. The standard InChI is InChI=1S/C26H27ClNO/c27-25-12-6-20(7-13-25)18-21-14-16-28(17-15-21)19-26(29)24-10-8-23(9-11-24)22-4-2-1-3-5-22/h6-17,22H,1-5,18-19H2/q+1. The summed E-state index contributed by atoms with van der Waals surface area (Å²) in [5.74, 6) is 0.825. The van der Waals surface area contributed by atoms with Crippen LogP contribution in [0.15, 0.2) is 73.1 Å². The number of pyridine rings is 1. The van der Waals surface area contributed by atoms with Crippen LogP contribution in [0.4, 0.5) is 0 Å². The van der Waals surface area contributed by atoms with Crippen LogP contribution < -0.4 is 4.57 Å². The molecule has 1 heterocycles. The third kappa shape index (κ3) is 5.33. The number of halogens is 1. The fraction of sp³-hybridized carbons (Fsp3) is 0.308. The molecule has 2 aromatic carbocycles. The molecule has 0 spiro atoms. The summed E-state index contributed by atoms with van der Waals surface area (Å²) in [5, 5.41) is 0.755. The van der Waals surface area contributed by atoms with Gasteiger partial charge in [0, 0.05) is 22.7 Å². The minimum atomic E-state index is 0.149. The second kappa shape index (κ2) is 9.37. The van der Waals surface area contributed by atoms with E-state index in [4.69, 9.17) is 11.6 Å². The summed E-state index contributed by atoms with van der Waals surface area (Å²) in [4.78, 5) is 12.7. The summed E-state index contributed by atoms with van der Waals surface area (Å²) >= 11 is 5.95. The molecule has 0 atom stereocenters. The van der Waals surface area contributed by atoms with E-state index in [0.29, 0.717) is 12.5 Å². The third-order valence-electron chi connectivity index (χ3n) is 5.92. The first-order chi connectivity index (χ1) is 14.2. The quantitative estimate of drug-likeness (QED) is 0.356. The van der Waals surface area contributed by atoms with Crippen molar-refractivity contribution in [3.05, 3.63) is 100 Å². The molecule has 0 saturated heterocycles. The van der Waals surface area contributed by atoms with Gasteiger partial charge in [0.2, 0.25) is 12.3 Å². The second-order valence-electron chi connectivity index (χ2n) is 8.06. The number of benzene rings is 2. The number of hydrogen-bond acceptors (Lipinski definition) is 1. The fourth-order valence-corrected chi connectivity index (χ4v) is 4.31. The van der Waals surface area contributed by atoms with Gasteiger partial charge in [-0.25, -0.2) is 0 Å². The van der Waals surface area contributed by atoms with Crippen LogP contribution in [-0.4, -0.2) is 5.78 Å². The van der Waals surface area contributed by atoms with Gasteiger partial charge in [-0.05, 0) is 54.0 Å². The normalized spacial score (nSPS) is 14.7. The highest BCUT2D eigenvalue weighted by Crippen LogP contribution is 2.32. The Balaban J connectivity index is 1.36. The number of rotatable bonds is 6. The van der Waals surface area contributed by atoms with E-state index in [2.05, 4.69) is 24.3 Å². The van der Waals surface area contributed by atoms with Gasteiger partial charge in [0.15, 0.2) is 12.4 Å². The molecule has 29 heavy (non-hydrogen) atoms. The number of Topliss-reactive ketones (excluding diaryl/α,β-unsaturated/α-hetero) is 1. The predicted molar refractivity (Wildman–Crippen MR) is 117 cm³/mol. The monoisotopic (exact) mass is 404 g/mol. The van der Waals surface area contributed by atoms with E-state index in [1.165, 1.54) is 48.8 Å². The highest BCUT2D eigenvalue weighted by Gasteiger charge is 2.17. The highest BCUT2D eigenvalue weighted by molar-refractivity contribution is 6.30. The Morgan fingerprint density at radius 3 is 2.10 bits per heavy atom. The summed E-state index contributed by atoms with van der Waals surface area (Å²) in [6.07, 6.45) is 11.4.